The van der Waals surface area contributed by atoms with Gasteiger partial charge in [-0.1, -0.05) is 6.92 Å². The van der Waals surface area contributed by atoms with Crippen LogP contribution in [0.5, 0.6) is 0 Å². The summed E-state index contributed by atoms with van der Waals surface area (Å²) < 4.78 is 9.62. The van der Waals surface area contributed by atoms with Gasteiger partial charge in [0.1, 0.15) is 6.61 Å². The first-order valence-corrected chi connectivity index (χ1v) is 3.79. The van der Waals surface area contributed by atoms with E-state index < -0.39 is 12.6 Å². The van der Waals surface area contributed by atoms with Gasteiger partial charge in [-0.15, -0.1) is 0 Å². The molecule has 0 aliphatic rings. The average Bonchev–Trinajstić information content (AvgIpc) is 2.02. The van der Waals surface area contributed by atoms with Crippen LogP contribution in [0.2, 0.25) is 0 Å². The van der Waals surface area contributed by atoms with Crippen LogP contribution in [-0.4, -0.2) is 36.0 Å². The Morgan fingerprint density at radius 2 is 1.91 bits per heavy atom. The SMILES string of the molecule is CCCOC(O)(CO)OCC. The van der Waals surface area contributed by atoms with Crippen LogP contribution >= 0.6 is 0 Å². The molecule has 0 saturated heterocycles. The Bertz CT molecular complexity index is 96.4. The molecule has 2 N–H and O–H groups in total. The molecule has 0 saturated carbocycles. The fourth-order valence-electron chi connectivity index (χ4n) is 0.620. The van der Waals surface area contributed by atoms with Crippen molar-refractivity contribution in [2.45, 2.75) is 26.2 Å². The van der Waals surface area contributed by atoms with Crippen LogP contribution in [0.25, 0.3) is 0 Å². The zero-order valence-electron chi connectivity index (χ0n) is 7.04. The Morgan fingerprint density at radius 3 is 2.27 bits per heavy atom. The van der Waals surface area contributed by atoms with E-state index in [2.05, 4.69) is 0 Å². The lowest BCUT2D eigenvalue weighted by Gasteiger charge is -2.24. The van der Waals surface area contributed by atoms with Crippen molar-refractivity contribution in [2.24, 2.45) is 0 Å². The van der Waals surface area contributed by atoms with Gasteiger partial charge in [-0.3, -0.25) is 0 Å². The second kappa shape index (κ2) is 5.49. The highest BCUT2D eigenvalue weighted by atomic mass is 16.8. The molecule has 4 nitrogen and oxygen atoms in total. The summed E-state index contributed by atoms with van der Waals surface area (Å²) in [5.41, 5.74) is 0. The fourth-order valence-corrected chi connectivity index (χ4v) is 0.620. The first kappa shape index (κ1) is 10.8. The molecule has 1 atom stereocenters. The second-order valence-electron chi connectivity index (χ2n) is 2.15. The van der Waals surface area contributed by atoms with Crippen LogP contribution in [-0.2, 0) is 9.47 Å². The number of aliphatic hydroxyl groups is 2. The summed E-state index contributed by atoms with van der Waals surface area (Å²) in [6.07, 6.45) is 0.773. The van der Waals surface area contributed by atoms with Gasteiger partial charge in [-0.25, -0.2) is 0 Å². The van der Waals surface area contributed by atoms with Gasteiger partial charge in [0.15, 0.2) is 0 Å². The summed E-state index contributed by atoms with van der Waals surface area (Å²) in [7, 11) is 0. The molecule has 0 aliphatic heterocycles. The van der Waals surface area contributed by atoms with Crippen molar-refractivity contribution < 1.29 is 19.7 Å². The second-order valence-corrected chi connectivity index (χ2v) is 2.15. The monoisotopic (exact) mass is 164 g/mol. The predicted octanol–water partition coefficient (Wildman–Crippen LogP) is 0.0879. The molecule has 0 radical (unpaired) electrons. The van der Waals surface area contributed by atoms with Crippen LogP contribution in [0.4, 0.5) is 0 Å². The van der Waals surface area contributed by atoms with E-state index in [1.807, 2.05) is 6.92 Å². The summed E-state index contributed by atoms with van der Waals surface area (Å²) in [5, 5.41) is 17.9. The predicted molar refractivity (Wildman–Crippen MR) is 39.9 cm³/mol. The Labute approximate surface area is 66.7 Å². The molecule has 0 aromatic heterocycles. The average molecular weight is 164 g/mol. The highest BCUT2D eigenvalue weighted by Crippen LogP contribution is 2.07. The third-order valence-corrected chi connectivity index (χ3v) is 1.10. The van der Waals surface area contributed by atoms with Gasteiger partial charge in [-0.2, -0.15) is 0 Å². The van der Waals surface area contributed by atoms with Crippen molar-refractivity contribution in [3.05, 3.63) is 0 Å². The van der Waals surface area contributed by atoms with Crippen molar-refractivity contribution in [1.82, 2.24) is 0 Å². The summed E-state index contributed by atoms with van der Waals surface area (Å²) >= 11 is 0. The molecule has 1 unspecified atom stereocenters. The molecule has 68 valence electrons. The van der Waals surface area contributed by atoms with Gasteiger partial charge in [0, 0.05) is 6.61 Å². The van der Waals surface area contributed by atoms with Gasteiger partial charge in [0.25, 0.3) is 0 Å². The fraction of sp³-hybridized carbons (Fsp3) is 1.00. The van der Waals surface area contributed by atoms with E-state index >= 15 is 0 Å². The highest BCUT2D eigenvalue weighted by Gasteiger charge is 2.26. The normalized spacial score (nSPS) is 16.4. The molecular formula is C7H16O4. The van der Waals surface area contributed by atoms with Gasteiger partial charge in [0.05, 0.1) is 6.61 Å². The number of rotatable bonds is 6. The topological polar surface area (TPSA) is 58.9 Å². The Morgan fingerprint density at radius 1 is 1.27 bits per heavy atom. The minimum Gasteiger partial charge on any atom is -0.388 e. The molecule has 0 heterocycles. The Kier molecular flexibility index (Phi) is 5.41. The first-order chi connectivity index (χ1) is 5.18. The molecule has 0 amide bonds. The maximum absolute atomic E-state index is 9.26. The molecule has 11 heavy (non-hydrogen) atoms. The minimum atomic E-state index is -1.80. The maximum Gasteiger partial charge on any atom is 0.305 e. The van der Waals surface area contributed by atoms with E-state index in [0.29, 0.717) is 13.2 Å². The lowest BCUT2D eigenvalue weighted by atomic mass is 10.5. The molecule has 0 rings (SSSR count). The molecule has 0 aromatic rings. The lowest BCUT2D eigenvalue weighted by molar-refractivity contribution is -0.370. The molecule has 0 fully saturated rings. The lowest BCUT2D eigenvalue weighted by Crippen LogP contribution is -2.40. The Balaban J connectivity index is 3.68. The van der Waals surface area contributed by atoms with Crippen molar-refractivity contribution in [3.63, 3.8) is 0 Å². The Hall–Kier alpha value is -0.160. The zero-order chi connectivity index (χ0) is 8.74. The minimum absolute atomic E-state index is 0.306. The highest BCUT2D eigenvalue weighted by molar-refractivity contribution is 4.49. The van der Waals surface area contributed by atoms with Gasteiger partial charge >= 0.3 is 5.97 Å². The van der Waals surface area contributed by atoms with Crippen LogP contribution < -0.4 is 0 Å². The van der Waals surface area contributed by atoms with Crippen molar-refractivity contribution >= 4 is 0 Å². The number of hydrogen-bond acceptors (Lipinski definition) is 4. The zero-order valence-corrected chi connectivity index (χ0v) is 7.04. The van der Waals surface area contributed by atoms with E-state index in [1.165, 1.54) is 0 Å². The summed E-state index contributed by atoms with van der Waals surface area (Å²) in [5.74, 6) is -1.80. The van der Waals surface area contributed by atoms with Crippen LogP contribution in [0.3, 0.4) is 0 Å². The molecular weight excluding hydrogens is 148 g/mol. The van der Waals surface area contributed by atoms with E-state index in [9.17, 15) is 5.11 Å². The largest absolute Gasteiger partial charge is 0.388 e. The van der Waals surface area contributed by atoms with Crippen LogP contribution in [0.1, 0.15) is 20.3 Å². The van der Waals surface area contributed by atoms with Crippen molar-refractivity contribution in [2.75, 3.05) is 19.8 Å². The molecule has 0 bridgehead atoms. The molecule has 0 aromatic carbocycles. The van der Waals surface area contributed by atoms with Gasteiger partial charge in [0.2, 0.25) is 0 Å². The maximum atomic E-state index is 9.26. The number of hydrogen-bond donors (Lipinski definition) is 2. The molecule has 0 spiro atoms. The molecule has 0 aliphatic carbocycles. The van der Waals surface area contributed by atoms with Crippen LogP contribution in [0.15, 0.2) is 0 Å². The summed E-state index contributed by atoms with van der Waals surface area (Å²) in [4.78, 5) is 0. The van der Waals surface area contributed by atoms with Crippen molar-refractivity contribution in [1.29, 1.82) is 0 Å². The standard InChI is InChI=1S/C7H16O4/c1-3-5-11-7(9,6-8)10-4-2/h8-9H,3-6H2,1-2H3. The quantitative estimate of drug-likeness (QED) is 0.546. The molecule has 4 heteroatoms. The van der Waals surface area contributed by atoms with E-state index in [4.69, 9.17) is 14.6 Å². The van der Waals surface area contributed by atoms with E-state index in [-0.39, 0.29) is 0 Å². The summed E-state index contributed by atoms with van der Waals surface area (Å²) in [6.45, 7) is 3.76. The third-order valence-electron chi connectivity index (χ3n) is 1.10. The van der Waals surface area contributed by atoms with Crippen LogP contribution in [0, 0.1) is 0 Å². The van der Waals surface area contributed by atoms with Gasteiger partial charge < -0.3 is 19.7 Å². The number of ether oxygens (including phenoxy) is 2. The smallest absolute Gasteiger partial charge is 0.305 e. The van der Waals surface area contributed by atoms with E-state index in [1.54, 1.807) is 6.92 Å². The van der Waals surface area contributed by atoms with Gasteiger partial charge in [-0.05, 0) is 13.3 Å². The number of aliphatic hydroxyl groups excluding tert-OH is 1. The van der Waals surface area contributed by atoms with E-state index in [0.717, 1.165) is 6.42 Å². The first-order valence-electron chi connectivity index (χ1n) is 3.79. The third kappa shape index (κ3) is 4.31. The summed E-state index contributed by atoms with van der Waals surface area (Å²) in [6, 6.07) is 0. The van der Waals surface area contributed by atoms with Crippen molar-refractivity contribution in [3.8, 4) is 0 Å².